The van der Waals surface area contributed by atoms with Crippen LogP contribution in [0.3, 0.4) is 0 Å². The number of unbranched alkanes of at least 4 members (excludes halogenated alkanes) is 17. The zero-order valence-corrected chi connectivity index (χ0v) is 34.4. The van der Waals surface area contributed by atoms with Crippen LogP contribution in [0.1, 0.15) is 142 Å². The van der Waals surface area contributed by atoms with Gasteiger partial charge >= 0.3 is 59.1 Å². The third-order valence-corrected chi connectivity index (χ3v) is 8.37. The Kier molecular flexibility index (Phi) is 37.4. The molecule has 0 spiro atoms. The molecular formula is C32H60N2Na2O9S. The number of aliphatic carboxylic acids is 2. The molecule has 0 N–H and O–H groups in total. The molecule has 0 saturated heterocycles. The number of rotatable bonds is 29. The van der Waals surface area contributed by atoms with E-state index in [-0.39, 0.29) is 83.4 Å². The molecule has 0 aromatic carbocycles. The molecule has 1 atom stereocenters. The van der Waals surface area contributed by atoms with Crippen molar-refractivity contribution in [1.29, 1.82) is 0 Å². The second kappa shape index (κ2) is 33.9. The van der Waals surface area contributed by atoms with Crippen molar-refractivity contribution in [3.05, 3.63) is 0 Å². The Balaban J connectivity index is -0.000000848. The molecule has 1 heterocycles. The number of carbonyl (C=O) groups is 2. The molecule has 0 fully saturated rings. The van der Waals surface area contributed by atoms with E-state index in [4.69, 9.17) is 4.74 Å². The summed E-state index contributed by atoms with van der Waals surface area (Å²) in [6.07, 6.45) is 23.6. The molecular weight excluding hydrogens is 634 g/mol. The Morgan fingerprint density at radius 2 is 1.17 bits per heavy atom. The van der Waals surface area contributed by atoms with Gasteiger partial charge in [-0.2, -0.15) is 0 Å². The molecule has 46 heavy (non-hydrogen) atoms. The van der Waals surface area contributed by atoms with E-state index in [0.29, 0.717) is 26.1 Å². The maximum absolute atomic E-state index is 11.2. The van der Waals surface area contributed by atoms with Crippen LogP contribution in [-0.2, 0) is 28.9 Å². The van der Waals surface area contributed by atoms with Crippen LogP contribution in [0.5, 0.6) is 0 Å². The van der Waals surface area contributed by atoms with Crippen molar-refractivity contribution in [1.82, 2.24) is 0 Å². The molecule has 0 bridgehead atoms. The number of hydrogen-bond donors (Lipinski definition) is 0. The standard InChI is InChI=1S/C20H36N2O5.C12H26O4S.2Na/c1-2-3-4-5-6-7-8-9-10-11-18-21-12-13-22(18,16-19(23)24)14-15-27-17-20(25)26;1-2-3-4-5-6-7-8-9-10-11-12-16-17(13,14)15;;/h2-17H2,1H3,(H-,23,24,25,26);2-12H2,1H3,(H,13,14,15);;/q;;2*+1/p-2. The van der Waals surface area contributed by atoms with Gasteiger partial charge in [0.25, 0.3) is 0 Å². The van der Waals surface area contributed by atoms with Crippen LogP contribution in [-0.4, -0.2) is 81.2 Å². The Hall–Kier alpha value is 0.400. The number of quaternary nitrogens is 1. The third-order valence-electron chi connectivity index (χ3n) is 7.91. The van der Waals surface area contributed by atoms with Crippen molar-refractivity contribution >= 4 is 28.2 Å². The van der Waals surface area contributed by atoms with E-state index >= 15 is 0 Å². The monoisotopic (exact) mass is 694 g/mol. The first kappa shape index (κ1) is 50.8. The summed E-state index contributed by atoms with van der Waals surface area (Å²) in [6, 6.07) is 0. The van der Waals surface area contributed by atoms with Crippen LogP contribution in [0.25, 0.3) is 0 Å². The Bertz CT molecular complexity index is 880. The molecule has 1 unspecified atom stereocenters. The van der Waals surface area contributed by atoms with E-state index in [1.54, 1.807) is 0 Å². The van der Waals surface area contributed by atoms with Crippen LogP contribution in [0.15, 0.2) is 4.99 Å². The van der Waals surface area contributed by atoms with Gasteiger partial charge in [0.1, 0.15) is 19.6 Å². The normalized spacial score (nSPS) is 15.7. The molecule has 0 aliphatic carbocycles. The number of hydrogen-bond acceptors (Lipinski definition) is 10. The maximum Gasteiger partial charge on any atom is 1.00 e. The predicted molar refractivity (Wildman–Crippen MR) is 167 cm³/mol. The maximum atomic E-state index is 11.2. The zero-order valence-electron chi connectivity index (χ0n) is 29.6. The van der Waals surface area contributed by atoms with Crippen molar-refractivity contribution in [3.8, 4) is 0 Å². The SMILES string of the molecule is CCCCCCCCCCCC1=NCC[N+]1(CCOCC(=O)[O-])CC(=O)[O-].CCCCCCCCCCCCOS(=O)(=O)[O-].[Na+].[Na+]. The Labute approximate surface area is 324 Å². The molecule has 1 aliphatic rings. The van der Waals surface area contributed by atoms with Gasteiger partial charge in [-0.3, -0.25) is 8.67 Å². The van der Waals surface area contributed by atoms with Gasteiger partial charge in [0, 0.05) is 6.42 Å². The second-order valence-electron chi connectivity index (χ2n) is 11.8. The first-order valence-electron chi connectivity index (χ1n) is 17.0. The van der Waals surface area contributed by atoms with Gasteiger partial charge in [-0.05, 0) is 12.8 Å². The van der Waals surface area contributed by atoms with Crippen molar-refractivity contribution in [2.45, 2.75) is 142 Å². The van der Waals surface area contributed by atoms with Crippen molar-refractivity contribution < 1.29 is 105 Å². The minimum atomic E-state index is -4.48. The van der Waals surface area contributed by atoms with Crippen LogP contribution in [0, 0.1) is 0 Å². The van der Waals surface area contributed by atoms with Crippen molar-refractivity contribution in [2.24, 2.45) is 4.99 Å². The zero-order chi connectivity index (χ0) is 32.9. The molecule has 1 rings (SSSR count). The van der Waals surface area contributed by atoms with Crippen LogP contribution >= 0.6 is 0 Å². The van der Waals surface area contributed by atoms with E-state index < -0.39 is 28.9 Å². The second-order valence-corrected chi connectivity index (χ2v) is 12.9. The number of ether oxygens (including phenoxy) is 1. The number of carboxylic acid groups (broad SMARTS) is 2. The number of amidine groups is 1. The number of aliphatic imine (C=N–C) groups is 1. The minimum Gasteiger partial charge on any atom is -0.726 e. The quantitative estimate of drug-likeness (QED) is 0.0284. The summed E-state index contributed by atoms with van der Waals surface area (Å²) in [4.78, 5) is 26.2. The fourth-order valence-corrected chi connectivity index (χ4v) is 5.76. The molecule has 0 amide bonds. The van der Waals surface area contributed by atoms with E-state index in [1.165, 1.54) is 89.9 Å². The molecule has 0 aromatic heterocycles. The van der Waals surface area contributed by atoms with Gasteiger partial charge in [-0.15, -0.1) is 0 Å². The van der Waals surface area contributed by atoms with Gasteiger partial charge < -0.3 is 29.1 Å². The smallest absolute Gasteiger partial charge is 0.726 e. The summed E-state index contributed by atoms with van der Waals surface area (Å²) in [5.41, 5.74) is 0. The average molecular weight is 695 g/mol. The van der Waals surface area contributed by atoms with E-state index in [1.807, 2.05) is 0 Å². The average Bonchev–Trinajstić information content (AvgIpc) is 3.34. The summed E-state index contributed by atoms with van der Waals surface area (Å²) in [6.45, 7) is 5.62. The first-order chi connectivity index (χ1) is 21.1. The van der Waals surface area contributed by atoms with Crippen LogP contribution in [0.4, 0.5) is 0 Å². The van der Waals surface area contributed by atoms with Gasteiger partial charge in [-0.1, -0.05) is 123 Å². The number of carbonyl (C=O) groups excluding carboxylic acids is 2. The Morgan fingerprint density at radius 1 is 0.717 bits per heavy atom. The van der Waals surface area contributed by atoms with Crippen LogP contribution < -0.4 is 69.3 Å². The largest absolute Gasteiger partial charge is 1.00 e. The Morgan fingerprint density at radius 3 is 1.61 bits per heavy atom. The molecule has 0 saturated carbocycles. The van der Waals surface area contributed by atoms with Gasteiger partial charge in [-0.25, -0.2) is 13.4 Å². The summed E-state index contributed by atoms with van der Waals surface area (Å²) in [5.74, 6) is -1.50. The number of carboxylic acids is 2. The van der Waals surface area contributed by atoms with Gasteiger partial charge in [0.05, 0.1) is 38.3 Å². The topological polar surface area (TPSA) is 168 Å². The molecule has 14 heteroatoms. The molecule has 1 aliphatic heterocycles. The minimum absolute atomic E-state index is 0. The molecule has 0 aromatic rings. The van der Waals surface area contributed by atoms with Crippen molar-refractivity contribution in [2.75, 3.05) is 46.0 Å². The van der Waals surface area contributed by atoms with Crippen molar-refractivity contribution in [3.63, 3.8) is 0 Å². The summed E-state index contributed by atoms with van der Waals surface area (Å²) in [5, 5.41) is 21.7. The molecule has 11 nitrogen and oxygen atoms in total. The summed E-state index contributed by atoms with van der Waals surface area (Å²) >= 11 is 0. The predicted octanol–water partition coefficient (Wildman–Crippen LogP) is -1.96. The first-order valence-corrected chi connectivity index (χ1v) is 18.4. The third kappa shape index (κ3) is 31.7. The molecule has 260 valence electrons. The fraction of sp³-hybridized carbons (Fsp3) is 0.906. The number of nitrogens with zero attached hydrogens (tertiary/aromatic N) is 2. The van der Waals surface area contributed by atoms with E-state index in [2.05, 4.69) is 23.0 Å². The fourth-order valence-electron chi connectivity index (χ4n) is 5.44. The van der Waals surface area contributed by atoms with Gasteiger partial charge in [0.15, 0.2) is 5.84 Å². The summed E-state index contributed by atoms with van der Waals surface area (Å²) in [7, 11) is -4.48. The molecule has 0 radical (unpaired) electrons. The van der Waals surface area contributed by atoms with E-state index in [0.717, 1.165) is 37.9 Å². The van der Waals surface area contributed by atoms with Crippen LogP contribution in [0.2, 0.25) is 0 Å². The van der Waals surface area contributed by atoms with E-state index in [9.17, 15) is 32.8 Å². The summed E-state index contributed by atoms with van der Waals surface area (Å²) < 4.78 is 39.8. The van der Waals surface area contributed by atoms with Gasteiger partial charge in [0.2, 0.25) is 10.4 Å².